The number of nitrogens with zero attached hydrogens (tertiary/aromatic N) is 1. The molecule has 1 heterocycles. The average Bonchev–Trinajstić information content (AvgIpc) is 2.80. The molecule has 2 unspecified atom stereocenters. The van der Waals surface area contributed by atoms with Gasteiger partial charge < -0.3 is 9.64 Å². The second-order valence-electron chi connectivity index (χ2n) is 5.43. The van der Waals surface area contributed by atoms with E-state index in [0.29, 0.717) is 5.75 Å². The van der Waals surface area contributed by atoms with Crippen molar-refractivity contribution in [2.24, 2.45) is 0 Å². The normalized spacial score (nSPS) is 24.1. The molecule has 6 heteroatoms. The highest BCUT2D eigenvalue weighted by molar-refractivity contribution is 9.10. The van der Waals surface area contributed by atoms with Crippen molar-refractivity contribution in [3.63, 3.8) is 0 Å². The average molecular weight is 393 g/mol. The van der Waals surface area contributed by atoms with Crippen LogP contribution in [0.25, 0.3) is 0 Å². The van der Waals surface area contributed by atoms with E-state index in [9.17, 15) is 4.79 Å². The number of hydrogen-bond donors (Lipinski definition) is 2. The first-order valence-electron chi connectivity index (χ1n) is 7.12. The second kappa shape index (κ2) is 6.19. The van der Waals surface area contributed by atoms with Crippen molar-refractivity contribution >= 4 is 34.5 Å². The van der Waals surface area contributed by atoms with Gasteiger partial charge in [-0.3, -0.25) is 10.1 Å². The highest BCUT2D eigenvalue weighted by atomic mass is 79.9. The zero-order chi connectivity index (χ0) is 16.6. The highest BCUT2D eigenvalue weighted by Crippen LogP contribution is 2.39. The maximum absolute atomic E-state index is 13.1. The van der Waals surface area contributed by atoms with Gasteiger partial charge in [-0.1, -0.05) is 40.2 Å². The molecule has 1 amide bonds. The number of carbonyl (C=O) groups is 1. The highest BCUT2D eigenvalue weighted by Gasteiger charge is 2.51. The minimum absolute atomic E-state index is 0.0520. The van der Waals surface area contributed by atoms with Crippen molar-refractivity contribution in [1.29, 1.82) is 0 Å². The van der Waals surface area contributed by atoms with Gasteiger partial charge in [0.1, 0.15) is 11.2 Å². The fourth-order valence-electron chi connectivity index (χ4n) is 2.89. The van der Waals surface area contributed by atoms with Crippen molar-refractivity contribution in [1.82, 2.24) is 10.2 Å². The predicted molar refractivity (Wildman–Crippen MR) is 96.6 cm³/mol. The Bertz CT molecular complexity index is 755. The lowest BCUT2D eigenvalue weighted by Crippen LogP contribution is -2.45. The zero-order valence-corrected chi connectivity index (χ0v) is 15.3. The van der Waals surface area contributed by atoms with Gasteiger partial charge in [-0.05, 0) is 35.4 Å². The minimum Gasteiger partial charge on any atom is -0.497 e. The third kappa shape index (κ3) is 2.65. The molecule has 0 spiro atoms. The van der Waals surface area contributed by atoms with Crippen molar-refractivity contribution in [2.45, 2.75) is 11.0 Å². The van der Waals surface area contributed by atoms with Gasteiger partial charge in [0.2, 0.25) is 0 Å². The predicted octanol–water partition coefficient (Wildman–Crippen LogP) is 2.98. The molecule has 0 aliphatic carbocycles. The fourth-order valence-corrected chi connectivity index (χ4v) is 3.58. The third-order valence-corrected chi connectivity index (χ3v) is 5.08. The summed E-state index contributed by atoms with van der Waals surface area (Å²) in [5.74, 6) is 0.653. The quantitative estimate of drug-likeness (QED) is 0.788. The molecule has 23 heavy (non-hydrogen) atoms. The Kier molecular flexibility index (Phi) is 4.40. The third-order valence-electron chi connectivity index (χ3n) is 4.11. The van der Waals surface area contributed by atoms with Crippen molar-refractivity contribution < 1.29 is 9.53 Å². The van der Waals surface area contributed by atoms with Crippen LogP contribution in [0.2, 0.25) is 0 Å². The molecule has 3 rings (SSSR count). The van der Waals surface area contributed by atoms with Crippen LogP contribution in [-0.4, -0.2) is 30.5 Å². The van der Waals surface area contributed by atoms with Gasteiger partial charge in [-0.2, -0.15) is 0 Å². The molecule has 1 aliphatic heterocycles. The Labute approximate surface area is 149 Å². The number of likely N-dealkylation sites (N-methyl/N-ethyl adjacent to an activating group) is 1. The summed E-state index contributed by atoms with van der Waals surface area (Å²) in [5.41, 5.74) is 0.323. The lowest BCUT2D eigenvalue weighted by Gasteiger charge is -2.29. The standard InChI is InChI=1S/C17H17BrN2O2S/c1-20-15(21)17(19-16(20)23,11-5-3-7-13(18)9-11)12-6-4-8-14(10-12)22-2/h3-10,16,19,23H,1-2H3. The first-order chi connectivity index (χ1) is 11.0. The van der Waals surface area contributed by atoms with Gasteiger partial charge in [0.05, 0.1) is 7.11 Å². The number of carbonyl (C=O) groups excluding carboxylic acids is 1. The van der Waals surface area contributed by atoms with Crippen molar-refractivity contribution in [3.05, 3.63) is 64.1 Å². The van der Waals surface area contributed by atoms with E-state index in [1.165, 1.54) is 0 Å². The van der Waals surface area contributed by atoms with Crippen LogP contribution in [-0.2, 0) is 10.3 Å². The first-order valence-corrected chi connectivity index (χ1v) is 8.43. The minimum atomic E-state index is -0.987. The maximum atomic E-state index is 13.1. The molecule has 1 saturated heterocycles. The number of rotatable bonds is 3. The summed E-state index contributed by atoms with van der Waals surface area (Å²) in [5, 5.41) is 3.34. The van der Waals surface area contributed by atoms with Gasteiger partial charge in [0.15, 0.2) is 5.54 Å². The summed E-state index contributed by atoms with van der Waals surface area (Å²) in [7, 11) is 3.36. The van der Waals surface area contributed by atoms with Gasteiger partial charge in [0, 0.05) is 11.5 Å². The molecule has 2 atom stereocenters. The van der Waals surface area contributed by atoms with E-state index in [0.717, 1.165) is 15.6 Å². The van der Waals surface area contributed by atoms with Gasteiger partial charge in [-0.25, -0.2) is 0 Å². The molecule has 1 N–H and O–H groups in total. The number of benzene rings is 2. The van der Waals surface area contributed by atoms with E-state index in [-0.39, 0.29) is 11.4 Å². The fraction of sp³-hybridized carbons (Fsp3) is 0.235. The molecule has 2 aromatic carbocycles. The van der Waals surface area contributed by atoms with E-state index in [2.05, 4.69) is 33.9 Å². The van der Waals surface area contributed by atoms with Crippen molar-refractivity contribution in [3.8, 4) is 5.75 Å². The number of nitrogens with one attached hydrogen (secondary N) is 1. The molecule has 4 nitrogen and oxygen atoms in total. The molecule has 0 radical (unpaired) electrons. The van der Waals surface area contributed by atoms with Crippen LogP contribution in [0.5, 0.6) is 5.75 Å². The molecular weight excluding hydrogens is 376 g/mol. The molecule has 1 aliphatic rings. The summed E-state index contributed by atoms with van der Waals surface area (Å²) >= 11 is 7.97. The lowest BCUT2D eigenvalue weighted by atomic mass is 9.82. The monoisotopic (exact) mass is 392 g/mol. The van der Waals surface area contributed by atoms with Gasteiger partial charge in [0.25, 0.3) is 5.91 Å². The summed E-state index contributed by atoms with van der Waals surface area (Å²) < 4.78 is 6.24. The summed E-state index contributed by atoms with van der Waals surface area (Å²) in [6, 6.07) is 15.3. The summed E-state index contributed by atoms with van der Waals surface area (Å²) in [4.78, 5) is 14.7. The molecule has 0 aromatic heterocycles. The van der Waals surface area contributed by atoms with Crippen LogP contribution in [0.4, 0.5) is 0 Å². The molecule has 0 saturated carbocycles. The maximum Gasteiger partial charge on any atom is 0.253 e. The van der Waals surface area contributed by atoms with Crippen LogP contribution in [0.3, 0.4) is 0 Å². The first kappa shape index (κ1) is 16.4. The van der Waals surface area contributed by atoms with Crippen LogP contribution < -0.4 is 10.1 Å². The Hall–Kier alpha value is -1.50. The van der Waals surface area contributed by atoms with Gasteiger partial charge in [-0.15, -0.1) is 12.6 Å². The summed E-state index contributed by atoms with van der Waals surface area (Å²) in [6.07, 6.45) is 0. The van der Waals surface area contributed by atoms with Crippen LogP contribution in [0, 0.1) is 0 Å². The van der Waals surface area contributed by atoms with Gasteiger partial charge >= 0.3 is 0 Å². The zero-order valence-electron chi connectivity index (χ0n) is 12.8. The van der Waals surface area contributed by atoms with E-state index in [1.54, 1.807) is 19.1 Å². The van der Waals surface area contributed by atoms with Crippen molar-refractivity contribution in [2.75, 3.05) is 14.2 Å². The van der Waals surface area contributed by atoms with Crippen LogP contribution in [0.15, 0.2) is 53.0 Å². The molecule has 120 valence electrons. The number of methoxy groups -OCH3 is 1. The molecule has 1 fully saturated rings. The number of halogens is 1. The van der Waals surface area contributed by atoms with E-state index in [1.807, 2.05) is 48.5 Å². The topological polar surface area (TPSA) is 41.6 Å². The Morgan fingerprint density at radius 1 is 1.22 bits per heavy atom. The second-order valence-corrected chi connectivity index (χ2v) is 6.83. The van der Waals surface area contributed by atoms with E-state index >= 15 is 0 Å². The molecular formula is C17H17BrN2O2S. The van der Waals surface area contributed by atoms with Crippen LogP contribution in [0.1, 0.15) is 11.1 Å². The Morgan fingerprint density at radius 3 is 2.43 bits per heavy atom. The number of thiol groups is 1. The number of amides is 1. The summed E-state index contributed by atoms with van der Waals surface area (Å²) in [6.45, 7) is 0. The van der Waals surface area contributed by atoms with Crippen LogP contribution >= 0.6 is 28.6 Å². The Balaban J connectivity index is 2.24. The number of ether oxygens (including phenoxy) is 1. The van der Waals surface area contributed by atoms with E-state index < -0.39 is 5.54 Å². The smallest absolute Gasteiger partial charge is 0.253 e. The van der Waals surface area contributed by atoms with E-state index in [4.69, 9.17) is 4.74 Å². The largest absolute Gasteiger partial charge is 0.497 e. The number of hydrogen-bond acceptors (Lipinski definition) is 4. The SMILES string of the molecule is COc1cccc(C2(c3cccc(Br)c3)NC(S)N(C)C2=O)c1. The lowest BCUT2D eigenvalue weighted by molar-refractivity contribution is -0.130. The molecule has 2 aromatic rings. The Morgan fingerprint density at radius 2 is 1.87 bits per heavy atom. The molecule has 0 bridgehead atoms.